The van der Waals surface area contributed by atoms with Gasteiger partial charge in [0.05, 0.1) is 19.2 Å². The molecular weight excluding hydrogens is 332 g/mol. The van der Waals surface area contributed by atoms with Crippen LogP contribution >= 0.6 is 0 Å². The van der Waals surface area contributed by atoms with Crippen LogP contribution in [0.5, 0.6) is 5.75 Å². The van der Waals surface area contributed by atoms with E-state index < -0.39 is 0 Å². The predicted octanol–water partition coefficient (Wildman–Crippen LogP) is 2.37. The van der Waals surface area contributed by atoms with Crippen molar-refractivity contribution in [3.05, 3.63) is 54.0 Å². The maximum absolute atomic E-state index is 12.6. The lowest BCUT2D eigenvalue weighted by molar-refractivity contribution is -0.125. The van der Waals surface area contributed by atoms with Gasteiger partial charge < -0.3 is 19.2 Å². The molecule has 1 aromatic carbocycles. The van der Waals surface area contributed by atoms with Crippen LogP contribution in [0.4, 0.5) is 0 Å². The largest absolute Gasteiger partial charge is 0.489 e. The Morgan fingerprint density at radius 2 is 2.08 bits per heavy atom. The minimum Gasteiger partial charge on any atom is -0.489 e. The molecule has 1 aromatic heterocycles. The Morgan fingerprint density at radius 1 is 1.27 bits per heavy atom. The van der Waals surface area contributed by atoms with Gasteiger partial charge in [0.15, 0.2) is 0 Å². The Kier molecular flexibility index (Phi) is 6.30. The van der Waals surface area contributed by atoms with E-state index in [-0.39, 0.29) is 18.1 Å². The van der Waals surface area contributed by atoms with Crippen molar-refractivity contribution in [2.24, 2.45) is 0 Å². The van der Waals surface area contributed by atoms with Crippen molar-refractivity contribution in [1.29, 1.82) is 0 Å². The van der Waals surface area contributed by atoms with Crippen LogP contribution in [0.25, 0.3) is 0 Å². The molecule has 2 atom stereocenters. The Morgan fingerprint density at radius 3 is 2.77 bits per heavy atom. The molecule has 0 spiro atoms. The molecule has 1 saturated heterocycles. The summed E-state index contributed by atoms with van der Waals surface area (Å²) in [4.78, 5) is 14.7. The Labute approximate surface area is 154 Å². The second-order valence-corrected chi connectivity index (χ2v) is 6.53. The molecule has 6 heteroatoms. The number of aryl methyl sites for hydroxylation is 1. The molecule has 2 aromatic rings. The minimum absolute atomic E-state index is 0.00416. The maximum atomic E-state index is 12.6. The van der Waals surface area contributed by atoms with Gasteiger partial charge in [-0.1, -0.05) is 18.2 Å². The molecule has 0 radical (unpaired) electrons. The lowest BCUT2D eigenvalue weighted by atomic mass is 10.2. The second kappa shape index (κ2) is 8.87. The average molecular weight is 358 g/mol. The highest BCUT2D eigenvalue weighted by Gasteiger charge is 2.38. The van der Waals surface area contributed by atoms with Crippen LogP contribution in [0.3, 0.4) is 0 Å². The van der Waals surface area contributed by atoms with Crippen molar-refractivity contribution < 1.29 is 18.7 Å². The summed E-state index contributed by atoms with van der Waals surface area (Å²) in [6, 6.07) is 13.4. The molecule has 0 unspecified atom stereocenters. The molecule has 6 nitrogen and oxygen atoms in total. The molecule has 0 aliphatic carbocycles. The van der Waals surface area contributed by atoms with E-state index >= 15 is 0 Å². The number of benzene rings is 1. The van der Waals surface area contributed by atoms with Crippen molar-refractivity contribution in [2.75, 3.05) is 26.8 Å². The number of rotatable bonds is 8. The molecule has 1 aliphatic rings. The van der Waals surface area contributed by atoms with Crippen molar-refractivity contribution in [3.8, 4) is 5.75 Å². The minimum atomic E-state index is -0.244. The molecule has 0 bridgehead atoms. The number of hydrogen-bond donors (Lipinski definition) is 1. The maximum Gasteiger partial charge on any atom is 0.237 e. The zero-order chi connectivity index (χ0) is 18.4. The number of hydrogen-bond acceptors (Lipinski definition) is 5. The number of para-hydroxylation sites is 1. The van der Waals surface area contributed by atoms with Crippen LogP contribution in [0.1, 0.15) is 17.9 Å². The fourth-order valence-electron chi connectivity index (χ4n) is 3.25. The number of amides is 1. The van der Waals surface area contributed by atoms with E-state index in [9.17, 15) is 4.79 Å². The lowest BCUT2D eigenvalue weighted by Crippen LogP contribution is -2.43. The summed E-state index contributed by atoms with van der Waals surface area (Å²) in [7, 11) is 1.62. The fraction of sp³-hybridized carbons (Fsp3) is 0.450. The van der Waals surface area contributed by atoms with E-state index in [2.05, 4.69) is 10.2 Å². The average Bonchev–Trinajstić information content (AvgIpc) is 3.22. The van der Waals surface area contributed by atoms with Gasteiger partial charge in [-0.3, -0.25) is 9.69 Å². The highest BCUT2D eigenvalue weighted by Crippen LogP contribution is 2.25. The number of furan rings is 1. The third-order valence-corrected chi connectivity index (χ3v) is 4.47. The number of carbonyl (C=O) groups excluding carboxylic acids is 1. The van der Waals surface area contributed by atoms with E-state index in [0.717, 1.165) is 17.3 Å². The van der Waals surface area contributed by atoms with Crippen molar-refractivity contribution in [2.45, 2.75) is 32.0 Å². The summed E-state index contributed by atoms with van der Waals surface area (Å²) < 4.78 is 16.8. The van der Waals surface area contributed by atoms with Gasteiger partial charge in [0.1, 0.15) is 23.4 Å². The van der Waals surface area contributed by atoms with Gasteiger partial charge in [-0.25, -0.2) is 0 Å². The van der Waals surface area contributed by atoms with Crippen molar-refractivity contribution >= 4 is 5.91 Å². The topological polar surface area (TPSA) is 63.9 Å². The SMILES string of the molecule is COCCNC(=O)[C@H]1C[C@H](Oc2ccccc2)CN1Cc1ccc(C)o1. The van der Waals surface area contributed by atoms with Crippen LogP contribution in [0.15, 0.2) is 46.9 Å². The quantitative estimate of drug-likeness (QED) is 0.734. The third-order valence-electron chi connectivity index (χ3n) is 4.47. The standard InChI is InChI=1S/C20H26N2O4/c1-15-8-9-17(25-15)13-22-14-18(26-16-6-4-3-5-7-16)12-19(22)20(23)21-10-11-24-2/h3-9,18-19H,10-14H2,1-2H3,(H,21,23)/t18-,19+/m0/s1. The molecule has 26 heavy (non-hydrogen) atoms. The van der Waals surface area contributed by atoms with Gasteiger partial charge in [0, 0.05) is 26.6 Å². The molecule has 1 amide bonds. The van der Waals surface area contributed by atoms with E-state index in [0.29, 0.717) is 32.7 Å². The van der Waals surface area contributed by atoms with Crippen molar-refractivity contribution in [1.82, 2.24) is 10.2 Å². The van der Waals surface area contributed by atoms with E-state index in [1.54, 1.807) is 7.11 Å². The lowest BCUT2D eigenvalue weighted by Gasteiger charge is -2.22. The number of likely N-dealkylation sites (tertiary alicyclic amines) is 1. The second-order valence-electron chi connectivity index (χ2n) is 6.53. The van der Waals surface area contributed by atoms with Crippen LogP contribution in [-0.2, 0) is 16.1 Å². The predicted molar refractivity (Wildman–Crippen MR) is 98.0 cm³/mol. The number of ether oxygens (including phenoxy) is 2. The van der Waals surface area contributed by atoms with E-state index in [4.69, 9.17) is 13.9 Å². The van der Waals surface area contributed by atoms with Gasteiger partial charge in [-0.15, -0.1) is 0 Å². The van der Waals surface area contributed by atoms with Gasteiger partial charge in [0.25, 0.3) is 0 Å². The molecule has 1 aliphatic heterocycles. The first-order valence-electron chi connectivity index (χ1n) is 8.93. The number of nitrogens with one attached hydrogen (secondary N) is 1. The van der Waals surface area contributed by atoms with E-state index in [1.807, 2.05) is 49.4 Å². The summed E-state index contributed by atoms with van der Waals surface area (Å²) in [6.45, 7) is 4.19. The van der Waals surface area contributed by atoms with Gasteiger partial charge in [-0.05, 0) is 31.2 Å². The molecule has 2 heterocycles. The highest BCUT2D eigenvalue weighted by atomic mass is 16.5. The van der Waals surface area contributed by atoms with Gasteiger partial charge in [-0.2, -0.15) is 0 Å². The number of carbonyl (C=O) groups is 1. The molecular formula is C20H26N2O4. The zero-order valence-corrected chi connectivity index (χ0v) is 15.3. The molecule has 140 valence electrons. The first-order valence-corrected chi connectivity index (χ1v) is 8.93. The van der Waals surface area contributed by atoms with Crippen LogP contribution in [0.2, 0.25) is 0 Å². The first kappa shape index (κ1) is 18.5. The van der Waals surface area contributed by atoms with E-state index in [1.165, 1.54) is 0 Å². The van der Waals surface area contributed by atoms with Crippen LogP contribution in [-0.4, -0.2) is 49.8 Å². The van der Waals surface area contributed by atoms with Crippen LogP contribution < -0.4 is 10.1 Å². The van der Waals surface area contributed by atoms with Crippen LogP contribution in [0, 0.1) is 6.92 Å². The fourth-order valence-corrected chi connectivity index (χ4v) is 3.25. The number of methoxy groups -OCH3 is 1. The normalized spacial score (nSPS) is 20.2. The Balaban J connectivity index is 1.66. The Hall–Kier alpha value is -2.31. The summed E-state index contributed by atoms with van der Waals surface area (Å²) in [6.07, 6.45) is 0.611. The molecule has 3 rings (SSSR count). The zero-order valence-electron chi connectivity index (χ0n) is 15.3. The summed E-state index contributed by atoms with van der Waals surface area (Å²) in [5.41, 5.74) is 0. The third kappa shape index (κ3) is 4.86. The molecule has 1 N–H and O–H groups in total. The smallest absolute Gasteiger partial charge is 0.237 e. The van der Waals surface area contributed by atoms with Crippen molar-refractivity contribution in [3.63, 3.8) is 0 Å². The van der Waals surface area contributed by atoms with Gasteiger partial charge >= 0.3 is 0 Å². The highest BCUT2D eigenvalue weighted by molar-refractivity contribution is 5.82. The summed E-state index contributed by atoms with van der Waals surface area (Å²) in [5.74, 6) is 2.56. The first-order chi connectivity index (χ1) is 12.7. The molecule has 0 saturated carbocycles. The van der Waals surface area contributed by atoms with Gasteiger partial charge in [0.2, 0.25) is 5.91 Å². The summed E-state index contributed by atoms with van der Waals surface area (Å²) >= 11 is 0. The monoisotopic (exact) mass is 358 g/mol. The summed E-state index contributed by atoms with van der Waals surface area (Å²) in [5, 5.41) is 2.94. The number of nitrogens with zero attached hydrogens (tertiary/aromatic N) is 1. The Bertz CT molecular complexity index is 701. The molecule has 1 fully saturated rings.